The Morgan fingerprint density at radius 2 is 2.46 bits per heavy atom. The zero-order chi connectivity index (χ0) is 9.84. The van der Waals surface area contributed by atoms with Crippen molar-refractivity contribution >= 4 is 5.91 Å². The predicted octanol–water partition coefficient (Wildman–Crippen LogP) is 0.287. The normalized spacial score (nSPS) is 12.5. The highest BCUT2D eigenvalue weighted by molar-refractivity contribution is 5.75. The minimum Gasteiger partial charge on any atom is -0.387 e. The van der Waals surface area contributed by atoms with Crippen LogP contribution in [0, 0.1) is 0 Å². The number of hydrogen-bond acceptors (Lipinski definition) is 2. The summed E-state index contributed by atoms with van der Waals surface area (Å²) < 4.78 is 1.73. The molecule has 1 heterocycles. The van der Waals surface area contributed by atoms with Gasteiger partial charge < -0.3 is 15.0 Å². The van der Waals surface area contributed by atoms with Crippen molar-refractivity contribution in [2.24, 2.45) is 0 Å². The molecule has 1 aromatic heterocycles. The fraction of sp³-hybridized carbons (Fsp3) is 0.444. The molecular weight excluding hydrogens is 168 g/mol. The number of likely N-dealkylation sites (N-methyl/N-ethyl adjacent to an activating group) is 1. The topological polar surface area (TPSA) is 54.3 Å². The number of aromatic nitrogens is 1. The molecule has 4 nitrogen and oxygen atoms in total. The van der Waals surface area contributed by atoms with Gasteiger partial charge in [0.1, 0.15) is 6.54 Å². The monoisotopic (exact) mass is 182 g/mol. The highest BCUT2D eigenvalue weighted by Gasteiger charge is 2.08. The summed E-state index contributed by atoms with van der Waals surface area (Å²) in [5.74, 6) is -0.0712. The van der Waals surface area contributed by atoms with Gasteiger partial charge in [-0.25, -0.2) is 0 Å². The van der Waals surface area contributed by atoms with E-state index in [-0.39, 0.29) is 12.5 Å². The van der Waals surface area contributed by atoms with E-state index in [1.54, 1.807) is 30.8 Å². The van der Waals surface area contributed by atoms with E-state index in [0.29, 0.717) is 0 Å². The third-order valence-electron chi connectivity index (χ3n) is 1.89. The first-order valence-corrected chi connectivity index (χ1v) is 4.19. The lowest BCUT2D eigenvalue weighted by Crippen LogP contribution is -2.24. The summed E-state index contributed by atoms with van der Waals surface area (Å²) in [5.41, 5.74) is 0.753. The maximum atomic E-state index is 11.0. The molecule has 1 amide bonds. The maximum Gasteiger partial charge on any atom is 0.239 e. The summed E-state index contributed by atoms with van der Waals surface area (Å²) in [6.07, 6.45) is 1.23. The molecule has 0 spiro atoms. The number of carbonyl (C=O) groups is 1. The molecule has 0 aliphatic rings. The van der Waals surface area contributed by atoms with Gasteiger partial charge in [0.25, 0.3) is 0 Å². The highest BCUT2D eigenvalue weighted by atomic mass is 16.3. The van der Waals surface area contributed by atoms with Crippen molar-refractivity contribution in [1.29, 1.82) is 0 Å². The molecule has 72 valence electrons. The summed E-state index contributed by atoms with van der Waals surface area (Å²) in [6.45, 7) is 1.93. The van der Waals surface area contributed by atoms with Gasteiger partial charge in [-0.3, -0.25) is 4.79 Å². The van der Waals surface area contributed by atoms with E-state index in [1.165, 1.54) is 0 Å². The van der Waals surface area contributed by atoms with Crippen LogP contribution in [0.1, 0.15) is 18.7 Å². The minimum atomic E-state index is -0.542. The van der Waals surface area contributed by atoms with Crippen LogP contribution >= 0.6 is 0 Å². The molecule has 13 heavy (non-hydrogen) atoms. The largest absolute Gasteiger partial charge is 0.387 e. The zero-order valence-corrected chi connectivity index (χ0v) is 7.82. The predicted molar refractivity (Wildman–Crippen MR) is 49.1 cm³/mol. The van der Waals surface area contributed by atoms with Crippen molar-refractivity contribution in [1.82, 2.24) is 9.88 Å². The lowest BCUT2D eigenvalue weighted by molar-refractivity contribution is -0.121. The van der Waals surface area contributed by atoms with E-state index in [0.717, 1.165) is 5.69 Å². The molecule has 0 saturated carbocycles. The smallest absolute Gasteiger partial charge is 0.239 e. The number of aliphatic hydroxyl groups excluding tert-OH is 1. The molecule has 2 N–H and O–H groups in total. The summed E-state index contributed by atoms with van der Waals surface area (Å²) in [4.78, 5) is 11.0. The van der Waals surface area contributed by atoms with Gasteiger partial charge in [-0.2, -0.15) is 0 Å². The first-order valence-electron chi connectivity index (χ1n) is 4.19. The Morgan fingerprint density at radius 3 is 3.00 bits per heavy atom. The summed E-state index contributed by atoms with van der Waals surface area (Å²) in [5, 5.41) is 11.9. The van der Waals surface area contributed by atoms with E-state index >= 15 is 0 Å². The number of rotatable bonds is 3. The molecule has 1 atom stereocenters. The molecule has 0 fully saturated rings. The van der Waals surface area contributed by atoms with Crippen molar-refractivity contribution in [2.75, 3.05) is 7.05 Å². The van der Waals surface area contributed by atoms with Crippen molar-refractivity contribution in [3.8, 4) is 0 Å². The van der Waals surface area contributed by atoms with Crippen molar-refractivity contribution in [3.05, 3.63) is 24.0 Å². The van der Waals surface area contributed by atoms with Crippen LogP contribution in [0.5, 0.6) is 0 Å². The number of hydrogen-bond donors (Lipinski definition) is 2. The van der Waals surface area contributed by atoms with Gasteiger partial charge in [-0.1, -0.05) is 0 Å². The van der Waals surface area contributed by atoms with E-state index in [9.17, 15) is 9.90 Å². The van der Waals surface area contributed by atoms with Crippen LogP contribution in [0.4, 0.5) is 0 Å². The van der Waals surface area contributed by atoms with Gasteiger partial charge in [0.15, 0.2) is 0 Å². The van der Waals surface area contributed by atoms with Crippen molar-refractivity contribution in [2.45, 2.75) is 19.6 Å². The minimum absolute atomic E-state index is 0.0712. The van der Waals surface area contributed by atoms with E-state index < -0.39 is 6.10 Å². The molecule has 0 bridgehead atoms. The molecule has 1 aromatic rings. The standard InChI is InChI=1S/C9H14N2O2/c1-7(12)8-4-3-5-11(8)6-9(13)10-2/h3-5,7,12H,6H2,1-2H3,(H,10,13). The van der Waals surface area contributed by atoms with E-state index in [4.69, 9.17) is 0 Å². The van der Waals surface area contributed by atoms with Gasteiger partial charge in [0.05, 0.1) is 6.10 Å². The fourth-order valence-corrected chi connectivity index (χ4v) is 1.18. The fourth-order valence-electron chi connectivity index (χ4n) is 1.18. The number of nitrogens with one attached hydrogen (secondary N) is 1. The maximum absolute atomic E-state index is 11.0. The average Bonchev–Trinajstić information content (AvgIpc) is 2.52. The number of amides is 1. The SMILES string of the molecule is CNC(=O)Cn1cccc1C(C)O. The Balaban J connectivity index is 2.76. The Morgan fingerprint density at radius 1 is 1.77 bits per heavy atom. The number of aliphatic hydroxyl groups is 1. The highest BCUT2D eigenvalue weighted by Crippen LogP contribution is 2.12. The summed E-state index contributed by atoms with van der Waals surface area (Å²) in [6, 6.07) is 3.61. The molecule has 0 radical (unpaired) electrons. The van der Waals surface area contributed by atoms with E-state index in [1.807, 2.05) is 6.07 Å². The lowest BCUT2D eigenvalue weighted by Gasteiger charge is -2.09. The van der Waals surface area contributed by atoms with Gasteiger partial charge in [-0.15, -0.1) is 0 Å². The molecule has 0 aromatic carbocycles. The van der Waals surface area contributed by atoms with E-state index in [2.05, 4.69) is 5.32 Å². The van der Waals surface area contributed by atoms with Crippen LogP contribution in [-0.2, 0) is 11.3 Å². The quantitative estimate of drug-likeness (QED) is 0.705. The van der Waals surface area contributed by atoms with Crippen molar-refractivity contribution in [3.63, 3.8) is 0 Å². The van der Waals surface area contributed by atoms with Crippen LogP contribution in [0.2, 0.25) is 0 Å². The summed E-state index contributed by atoms with van der Waals surface area (Å²) in [7, 11) is 1.59. The summed E-state index contributed by atoms with van der Waals surface area (Å²) >= 11 is 0. The molecule has 4 heteroatoms. The van der Waals surface area contributed by atoms with Crippen molar-refractivity contribution < 1.29 is 9.90 Å². The second-order valence-corrected chi connectivity index (χ2v) is 2.91. The van der Waals surface area contributed by atoms with Crippen LogP contribution in [0.15, 0.2) is 18.3 Å². The van der Waals surface area contributed by atoms with Gasteiger partial charge in [0, 0.05) is 18.9 Å². The molecule has 0 saturated heterocycles. The molecule has 1 unspecified atom stereocenters. The zero-order valence-electron chi connectivity index (χ0n) is 7.82. The third-order valence-corrected chi connectivity index (χ3v) is 1.89. The van der Waals surface area contributed by atoms with Crippen LogP contribution in [0.3, 0.4) is 0 Å². The second kappa shape index (κ2) is 4.09. The van der Waals surface area contributed by atoms with Gasteiger partial charge in [-0.05, 0) is 19.1 Å². The average molecular weight is 182 g/mol. The number of carbonyl (C=O) groups excluding carboxylic acids is 1. The van der Waals surface area contributed by atoms with Crippen LogP contribution in [0.25, 0.3) is 0 Å². The Kier molecular flexibility index (Phi) is 3.08. The van der Waals surface area contributed by atoms with Crippen LogP contribution in [-0.4, -0.2) is 22.6 Å². The second-order valence-electron chi connectivity index (χ2n) is 2.91. The Hall–Kier alpha value is -1.29. The Labute approximate surface area is 77.2 Å². The van der Waals surface area contributed by atoms with Gasteiger partial charge >= 0.3 is 0 Å². The molecule has 0 aliphatic heterocycles. The van der Waals surface area contributed by atoms with Gasteiger partial charge in [0.2, 0.25) is 5.91 Å². The third kappa shape index (κ3) is 2.32. The molecule has 0 aliphatic carbocycles. The molecular formula is C9H14N2O2. The lowest BCUT2D eigenvalue weighted by atomic mass is 10.3. The number of nitrogens with zero attached hydrogens (tertiary/aromatic N) is 1. The first kappa shape index (κ1) is 9.80. The molecule has 1 rings (SSSR count). The Bertz CT molecular complexity index is 292. The first-order chi connectivity index (χ1) is 6.15. The van der Waals surface area contributed by atoms with Crippen LogP contribution < -0.4 is 5.32 Å².